The van der Waals surface area contributed by atoms with Crippen LogP contribution in [0.25, 0.3) is 11.4 Å². The Balaban J connectivity index is 1.64. The van der Waals surface area contributed by atoms with Gasteiger partial charge in [-0.2, -0.15) is 4.98 Å². The number of halogens is 1. The van der Waals surface area contributed by atoms with E-state index in [0.717, 1.165) is 12.8 Å². The van der Waals surface area contributed by atoms with Crippen molar-refractivity contribution in [3.05, 3.63) is 36.0 Å². The summed E-state index contributed by atoms with van der Waals surface area (Å²) in [6, 6.07) is 6.03. The smallest absolute Gasteiger partial charge is 0.232 e. The molecule has 1 atom stereocenters. The normalized spacial score (nSPS) is 22.0. The number of aromatic nitrogens is 2. The lowest BCUT2D eigenvalue weighted by Crippen LogP contribution is -2.40. The number of amides is 1. The largest absolute Gasteiger partial charge is 0.381 e. The number of nitrogens with zero attached hydrogens (tertiary/aromatic N) is 3. The highest BCUT2D eigenvalue weighted by molar-refractivity contribution is 5.82. The Morgan fingerprint density at radius 3 is 2.54 bits per heavy atom. The Labute approximate surface area is 164 Å². The van der Waals surface area contributed by atoms with E-state index in [1.807, 2.05) is 25.7 Å². The van der Waals surface area contributed by atoms with E-state index in [1.165, 1.54) is 12.1 Å². The van der Waals surface area contributed by atoms with E-state index in [1.54, 1.807) is 12.1 Å². The standard InChI is InChI=1S/C21H26FN3O3/c1-20(2,3)19(26)25-12-16(21(13-25)8-10-27-11-9-21)18-23-17(24-28-18)14-4-6-15(22)7-5-14/h4-7,16H,8-13H2,1-3H3/t16-/m0/s1. The number of carbonyl (C=O) groups excluding carboxylic acids is 1. The number of hydrogen-bond acceptors (Lipinski definition) is 5. The van der Waals surface area contributed by atoms with Crippen LogP contribution in [0, 0.1) is 16.6 Å². The van der Waals surface area contributed by atoms with E-state index in [-0.39, 0.29) is 23.1 Å². The molecule has 0 saturated carbocycles. The van der Waals surface area contributed by atoms with Gasteiger partial charge in [0.25, 0.3) is 0 Å². The van der Waals surface area contributed by atoms with Crippen molar-refractivity contribution in [1.29, 1.82) is 0 Å². The van der Waals surface area contributed by atoms with Crippen LogP contribution >= 0.6 is 0 Å². The molecule has 0 bridgehead atoms. The zero-order chi connectivity index (χ0) is 19.9. The molecular weight excluding hydrogens is 361 g/mol. The summed E-state index contributed by atoms with van der Waals surface area (Å²) >= 11 is 0. The fourth-order valence-corrected chi connectivity index (χ4v) is 4.32. The maximum atomic E-state index is 13.2. The topological polar surface area (TPSA) is 68.5 Å². The maximum absolute atomic E-state index is 13.2. The van der Waals surface area contributed by atoms with Gasteiger partial charge in [0.2, 0.25) is 17.6 Å². The Bertz CT molecular complexity index is 851. The highest BCUT2D eigenvalue weighted by Gasteiger charge is 2.52. The second kappa shape index (κ2) is 6.95. The van der Waals surface area contributed by atoms with Gasteiger partial charge in [-0.1, -0.05) is 25.9 Å². The van der Waals surface area contributed by atoms with Crippen molar-refractivity contribution in [3.63, 3.8) is 0 Å². The molecule has 2 aliphatic rings. The van der Waals surface area contributed by atoms with Gasteiger partial charge in [0.15, 0.2) is 0 Å². The van der Waals surface area contributed by atoms with Crippen LogP contribution in [0.3, 0.4) is 0 Å². The molecule has 0 radical (unpaired) electrons. The molecule has 0 unspecified atom stereocenters. The SMILES string of the molecule is CC(C)(C)C(=O)N1C[C@@H](c2nc(-c3ccc(F)cc3)no2)C2(CCOCC2)C1. The third kappa shape index (κ3) is 3.43. The van der Waals surface area contributed by atoms with Crippen LogP contribution in [0.5, 0.6) is 0 Å². The highest BCUT2D eigenvalue weighted by Crippen LogP contribution is 2.50. The lowest BCUT2D eigenvalue weighted by molar-refractivity contribution is -0.139. The minimum absolute atomic E-state index is 0.0237. The molecule has 2 fully saturated rings. The predicted molar refractivity (Wildman–Crippen MR) is 101 cm³/mol. The van der Waals surface area contributed by atoms with Crippen LogP contribution in [0.15, 0.2) is 28.8 Å². The van der Waals surface area contributed by atoms with E-state index in [2.05, 4.69) is 10.1 Å². The van der Waals surface area contributed by atoms with Crippen molar-refractivity contribution in [2.75, 3.05) is 26.3 Å². The fourth-order valence-electron chi connectivity index (χ4n) is 4.32. The van der Waals surface area contributed by atoms with Crippen molar-refractivity contribution in [2.45, 2.75) is 39.5 Å². The van der Waals surface area contributed by atoms with E-state index in [0.29, 0.717) is 43.6 Å². The lowest BCUT2D eigenvalue weighted by atomic mass is 9.72. The molecule has 1 aromatic heterocycles. The molecule has 0 aliphatic carbocycles. The molecule has 7 heteroatoms. The third-order valence-corrected chi connectivity index (χ3v) is 5.91. The van der Waals surface area contributed by atoms with Gasteiger partial charge < -0.3 is 14.2 Å². The van der Waals surface area contributed by atoms with Crippen LogP contribution in [-0.2, 0) is 9.53 Å². The third-order valence-electron chi connectivity index (χ3n) is 5.91. The quantitative estimate of drug-likeness (QED) is 0.787. The van der Waals surface area contributed by atoms with Crippen molar-refractivity contribution < 1.29 is 18.4 Å². The first kappa shape index (κ1) is 19.1. The Kier molecular flexibility index (Phi) is 4.73. The minimum atomic E-state index is -0.435. The van der Waals surface area contributed by atoms with Gasteiger partial charge >= 0.3 is 0 Å². The number of ether oxygens (including phenoxy) is 1. The molecule has 2 aliphatic heterocycles. The van der Waals surface area contributed by atoms with Gasteiger partial charge in [-0.15, -0.1) is 0 Å². The van der Waals surface area contributed by atoms with E-state index < -0.39 is 5.41 Å². The zero-order valence-electron chi connectivity index (χ0n) is 16.6. The Morgan fingerprint density at radius 2 is 1.89 bits per heavy atom. The van der Waals surface area contributed by atoms with Crippen LogP contribution < -0.4 is 0 Å². The van der Waals surface area contributed by atoms with Gasteiger partial charge in [0.05, 0.1) is 5.92 Å². The summed E-state index contributed by atoms with van der Waals surface area (Å²) in [5, 5.41) is 4.11. The minimum Gasteiger partial charge on any atom is -0.381 e. The number of hydrogen-bond donors (Lipinski definition) is 0. The van der Waals surface area contributed by atoms with E-state index in [9.17, 15) is 9.18 Å². The van der Waals surface area contributed by atoms with Crippen LogP contribution in [0.4, 0.5) is 4.39 Å². The first-order valence-corrected chi connectivity index (χ1v) is 9.75. The van der Waals surface area contributed by atoms with Gasteiger partial charge in [-0.25, -0.2) is 4.39 Å². The predicted octanol–water partition coefficient (Wildman–Crippen LogP) is 3.64. The molecule has 2 saturated heterocycles. The van der Waals surface area contributed by atoms with Gasteiger partial charge in [-0.05, 0) is 37.1 Å². The Morgan fingerprint density at radius 1 is 1.21 bits per heavy atom. The summed E-state index contributed by atoms with van der Waals surface area (Å²) in [5.41, 5.74) is 0.166. The lowest BCUT2D eigenvalue weighted by Gasteiger charge is -2.36. The second-order valence-electron chi connectivity index (χ2n) is 8.93. The number of carbonyl (C=O) groups is 1. The summed E-state index contributed by atoms with van der Waals surface area (Å²) in [6.45, 7) is 8.43. The molecule has 4 rings (SSSR count). The summed E-state index contributed by atoms with van der Waals surface area (Å²) in [7, 11) is 0. The van der Waals surface area contributed by atoms with Crippen molar-refractivity contribution >= 4 is 5.91 Å². The average molecular weight is 387 g/mol. The zero-order valence-corrected chi connectivity index (χ0v) is 16.6. The molecule has 0 N–H and O–H groups in total. The van der Waals surface area contributed by atoms with E-state index in [4.69, 9.17) is 9.26 Å². The maximum Gasteiger partial charge on any atom is 0.232 e. The summed E-state index contributed by atoms with van der Waals surface area (Å²) < 4.78 is 24.4. The first-order chi connectivity index (χ1) is 13.3. The van der Waals surface area contributed by atoms with Gasteiger partial charge in [0.1, 0.15) is 5.82 Å². The molecule has 1 spiro atoms. The molecule has 1 aromatic carbocycles. The van der Waals surface area contributed by atoms with Crippen LogP contribution in [-0.4, -0.2) is 47.3 Å². The molecule has 2 aromatic rings. The van der Waals surface area contributed by atoms with Crippen LogP contribution in [0.1, 0.15) is 45.4 Å². The summed E-state index contributed by atoms with van der Waals surface area (Å²) in [5.74, 6) is 0.799. The Hall–Kier alpha value is -2.28. The molecule has 1 amide bonds. The fraction of sp³-hybridized carbons (Fsp3) is 0.571. The average Bonchev–Trinajstić information content (AvgIpc) is 3.27. The van der Waals surface area contributed by atoms with E-state index >= 15 is 0 Å². The van der Waals surface area contributed by atoms with Gasteiger partial charge in [-0.3, -0.25) is 4.79 Å². The first-order valence-electron chi connectivity index (χ1n) is 9.75. The van der Waals surface area contributed by atoms with Crippen molar-refractivity contribution in [1.82, 2.24) is 15.0 Å². The summed E-state index contributed by atoms with van der Waals surface area (Å²) in [4.78, 5) is 19.5. The number of likely N-dealkylation sites (tertiary alicyclic amines) is 1. The summed E-state index contributed by atoms with van der Waals surface area (Å²) in [6.07, 6.45) is 1.72. The van der Waals surface area contributed by atoms with Crippen molar-refractivity contribution in [3.8, 4) is 11.4 Å². The molecule has 3 heterocycles. The molecule has 28 heavy (non-hydrogen) atoms. The second-order valence-corrected chi connectivity index (χ2v) is 8.93. The van der Waals surface area contributed by atoms with Crippen LogP contribution in [0.2, 0.25) is 0 Å². The molecular formula is C21H26FN3O3. The molecule has 6 nitrogen and oxygen atoms in total. The highest BCUT2D eigenvalue weighted by atomic mass is 19.1. The number of rotatable bonds is 2. The molecule has 150 valence electrons. The van der Waals surface area contributed by atoms with Crippen molar-refractivity contribution in [2.24, 2.45) is 10.8 Å². The van der Waals surface area contributed by atoms with Gasteiger partial charge in [0, 0.05) is 42.7 Å². The monoisotopic (exact) mass is 387 g/mol. The number of benzene rings is 1.